The fraction of sp³-hybridized carbons (Fsp3) is 0.125. The number of rotatable bonds is 4. The Morgan fingerprint density at radius 2 is 2.33 bits per heavy atom. The molecule has 0 aliphatic carbocycles. The summed E-state index contributed by atoms with van der Waals surface area (Å²) in [6.45, 7) is 0.860. The molecule has 1 aromatic carbocycles. The van der Waals surface area contributed by atoms with Crippen LogP contribution in [-0.4, -0.2) is 4.52 Å². The fourth-order valence-corrected chi connectivity index (χ4v) is 1.23. The SMILES string of the molecule is NNc1cccc(CN[CH]=[W])c1. The second-order valence-electron chi connectivity index (χ2n) is 2.34. The molecule has 0 atom stereocenters. The van der Waals surface area contributed by atoms with E-state index in [0.717, 1.165) is 12.2 Å². The van der Waals surface area contributed by atoms with Crippen molar-refractivity contribution in [2.45, 2.75) is 6.54 Å². The van der Waals surface area contributed by atoms with Crippen LogP contribution in [0.1, 0.15) is 5.56 Å². The van der Waals surface area contributed by atoms with Crippen LogP contribution in [0.2, 0.25) is 0 Å². The normalized spacial score (nSPS) is 9.42. The molecule has 1 rings (SSSR count). The van der Waals surface area contributed by atoms with Crippen LogP contribution in [-0.2, 0) is 25.9 Å². The molecule has 4 N–H and O–H groups in total. The van der Waals surface area contributed by atoms with Gasteiger partial charge in [-0.15, -0.1) is 0 Å². The van der Waals surface area contributed by atoms with E-state index in [2.05, 4.69) is 16.8 Å². The monoisotopic (exact) mass is 333 g/mol. The Balaban J connectivity index is 2.65. The van der Waals surface area contributed by atoms with E-state index in [1.54, 1.807) is 0 Å². The molecule has 0 aromatic heterocycles. The van der Waals surface area contributed by atoms with Gasteiger partial charge in [0, 0.05) is 0 Å². The van der Waals surface area contributed by atoms with Gasteiger partial charge in [0.25, 0.3) is 0 Å². The van der Waals surface area contributed by atoms with Gasteiger partial charge in [0.15, 0.2) is 0 Å². The number of hydrogen-bond acceptors (Lipinski definition) is 3. The second kappa shape index (κ2) is 5.20. The molecule has 4 heteroatoms. The summed E-state index contributed by atoms with van der Waals surface area (Å²) in [4.78, 5) is 0. The zero-order valence-corrected chi connectivity index (χ0v) is 9.51. The first-order chi connectivity index (χ1) is 5.86. The van der Waals surface area contributed by atoms with Crippen molar-refractivity contribution in [1.29, 1.82) is 0 Å². The zero-order valence-electron chi connectivity index (χ0n) is 6.58. The number of hydrazine groups is 1. The van der Waals surface area contributed by atoms with Crippen LogP contribution in [0.4, 0.5) is 5.69 Å². The quantitative estimate of drug-likeness (QED) is 0.551. The Morgan fingerprint density at radius 3 is 3.00 bits per heavy atom. The van der Waals surface area contributed by atoms with Gasteiger partial charge in [-0.05, 0) is 0 Å². The predicted octanol–water partition coefficient (Wildman–Crippen LogP) is 0.368. The number of nitrogens with two attached hydrogens (primary N) is 1. The molecule has 0 fully saturated rings. The van der Waals surface area contributed by atoms with E-state index in [4.69, 9.17) is 5.84 Å². The van der Waals surface area contributed by atoms with Crippen LogP contribution in [0.3, 0.4) is 0 Å². The number of hydrogen-bond donors (Lipinski definition) is 3. The van der Waals surface area contributed by atoms with Crippen molar-refractivity contribution in [3.63, 3.8) is 0 Å². The standard InChI is InChI=1S/C8H11N3.W/c1-10-6-7-3-2-4-8(5-7)11-9;/h1-5,10-11H,6,9H2;. The van der Waals surface area contributed by atoms with Crippen LogP contribution in [0, 0.1) is 0 Å². The van der Waals surface area contributed by atoms with E-state index in [1.165, 1.54) is 24.9 Å². The van der Waals surface area contributed by atoms with Crippen LogP contribution in [0.25, 0.3) is 0 Å². The van der Waals surface area contributed by atoms with Gasteiger partial charge in [0.05, 0.1) is 0 Å². The summed E-state index contributed by atoms with van der Waals surface area (Å²) in [6.07, 6.45) is 0. The molecule has 0 radical (unpaired) electrons. The Bertz CT molecular complexity index is 262. The van der Waals surface area contributed by atoms with Gasteiger partial charge in [-0.2, -0.15) is 0 Å². The van der Waals surface area contributed by atoms with Gasteiger partial charge in [0.2, 0.25) is 0 Å². The van der Waals surface area contributed by atoms with Gasteiger partial charge >= 0.3 is 82.5 Å². The summed E-state index contributed by atoms with van der Waals surface area (Å²) in [5, 5.41) is 3.16. The van der Waals surface area contributed by atoms with Crippen LogP contribution in [0.5, 0.6) is 0 Å². The molecule has 0 bridgehead atoms. The average Bonchev–Trinajstić information content (AvgIpc) is 2.15. The Morgan fingerprint density at radius 1 is 1.50 bits per heavy atom. The van der Waals surface area contributed by atoms with Gasteiger partial charge in [-0.3, -0.25) is 0 Å². The maximum atomic E-state index is 5.27. The summed E-state index contributed by atoms with van der Waals surface area (Å²) in [6, 6.07) is 8.00. The van der Waals surface area contributed by atoms with Crippen molar-refractivity contribution < 1.29 is 19.4 Å². The van der Waals surface area contributed by atoms with Crippen molar-refractivity contribution >= 4 is 10.2 Å². The maximum absolute atomic E-state index is 5.27. The molecule has 0 aliphatic rings. The third-order valence-electron chi connectivity index (χ3n) is 1.48. The van der Waals surface area contributed by atoms with Crippen molar-refractivity contribution in [2.75, 3.05) is 5.43 Å². The van der Waals surface area contributed by atoms with E-state index < -0.39 is 0 Å². The molecule has 0 aliphatic heterocycles. The average molecular weight is 333 g/mol. The summed E-state index contributed by atoms with van der Waals surface area (Å²) >= 11 is 1.43. The molecular formula is C8H11N3W. The zero-order chi connectivity index (χ0) is 8.81. The number of nitrogens with one attached hydrogen (secondary N) is 2. The van der Waals surface area contributed by atoms with Crippen molar-refractivity contribution in [3.05, 3.63) is 29.8 Å². The molecule has 0 amide bonds. The molecule has 12 heavy (non-hydrogen) atoms. The minimum atomic E-state index is 0.860. The number of anilines is 1. The molecule has 64 valence electrons. The fourth-order valence-electron chi connectivity index (χ4n) is 0.931. The van der Waals surface area contributed by atoms with E-state index in [0.29, 0.717) is 0 Å². The van der Waals surface area contributed by atoms with Crippen molar-refractivity contribution in [1.82, 2.24) is 5.32 Å². The second-order valence-corrected chi connectivity index (χ2v) is 3.19. The van der Waals surface area contributed by atoms with Gasteiger partial charge in [-0.1, -0.05) is 0 Å². The molecule has 0 unspecified atom stereocenters. The third-order valence-corrected chi connectivity index (χ3v) is 2.08. The van der Waals surface area contributed by atoms with Gasteiger partial charge in [0.1, 0.15) is 0 Å². The molecule has 0 saturated heterocycles. The number of nitrogen functional groups attached to an aromatic ring is 1. The van der Waals surface area contributed by atoms with Crippen LogP contribution >= 0.6 is 0 Å². The molecule has 3 nitrogen and oxygen atoms in total. The van der Waals surface area contributed by atoms with E-state index in [-0.39, 0.29) is 0 Å². The summed E-state index contributed by atoms with van der Waals surface area (Å²) in [7, 11) is 0. The van der Waals surface area contributed by atoms with Crippen molar-refractivity contribution in [3.8, 4) is 0 Å². The Kier molecular flexibility index (Phi) is 4.15. The van der Waals surface area contributed by atoms with Crippen molar-refractivity contribution in [2.24, 2.45) is 5.84 Å². The Hall–Kier alpha value is -0.502. The molecule has 0 saturated carbocycles. The van der Waals surface area contributed by atoms with E-state index >= 15 is 0 Å². The minimum absolute atomic E-state index is 0.860. The first-order valence-corrected chi connectivity index (χ1v) is 5.29. The Labute approximate surface area is 82.7 Å². The van der Waals surface area contributed by atoms with Gasteiger partial charge < -0.3 is 0 Å². The molecular weight excluding hydrogens is 322 g/mol. The molecule has 0 heterocycles. The first kappa shape index (κ1) is 9.59. The van der Waals surface area contributed by atoms with Crippen LogP contribution in [0.15, 0.2) is 24.3 Å². The summed E-state index contributed by atoms with van der Waals surface area (Å²) < 4.78 is 2.00. The summed E-state index contributed by atoms with van der Waals surface area (Å²) in [5.41, 5.74) is 4.78. The predicted molar refractivity (Wildman–Crippen MR) is 47.2 cm³/mol. The van der Waals surface area contributed by atoms with Crippen LogP contribution < -0.4 is 16.6 Å². The van der Waals surface area contributed by atoms with E-state index in [9.17, 15) is 0 Å². The summed E-state index contributed by atoms with van der Waals surface area (Å²) in [5.74, 6) is 5.27. The van der Waals surface area contributed by atoms with E-state index in [1.807, 2.05) is 22.7 Å². The number of benzene rings is 1. The molecule has 1 aromatic rings. The van der Waals surface area contributed by atoms with Gasteiger partial charge in [-0.25, -0.2) is 0 Å². The third kappa shape index (κ3) is 2.86. The topological polar surface area (TPSA) is 50.1 Å². The first-order valence-electron chi connectivity index (χ1n) is 3.59. The molecule has 0 spiro atoms.